The summed E-state index contributed by atoms with van der Waals surface area (Å²) in [6.45, 7) is 8.75. The van der Waals surface area contributed by atoms with Crippen LogP contribution in [0.2, 0.25) is 0 Å². The van der Waals surface area contributed by atoms with E-state index in [1.165, 1.54) is 17.5 Å². The van der Waals surface area contributed by atoms with E-state index >= 15 is 0 Å². The Morgan fingerprint density at radius 1 is 0.917 bits per heavy atom. The van der Waals surface area contributed by atoms with Gasteiger partial charge in [0.05, 0.1) is 0 Å². The highest BCUT2D eigenvalue weighted by atomic mass is 14.2. The summed E-state index contributed by atoms with van der Waals surface area (Å²) in [5.41, 5.74) is 3.56. The number of rotatable bonds is 0. The number of hydrogen-bond acceptors (Lipinski definition) is 0. The molecule has 0 heterocycles. The van der Waals surface area contributed by atoms with Gasteiger partial charge in [0.2, 0.25) is 0 Å². The Balaban J connectivity index is 0.000000130. The predicted octanol–water partition coefficient (Wildman–Crippen LogP) is 3.64. The van der Waals surface area contributed by atoms with Gasteiger partial charge in [-0.3, -0.25) is 0 Å². The molecule has 0 unspecified atom stereocenters. The van der Waals surface area contributed by atoms with Crippen LogP contribution in [0.25, 0.3) is 0 Å². The minimum atomic E-state index is 0.500. The lowest BCUT2D eigenvalue weighted by Gasteiger charge is -2.05. The maximum absolute atomic E-state index is 2.19. The molecule has 0 fully saturated rings. The van der Waals surface area contributed by atoms with Crippen molar-refractivity contribution < 1.29 is 0 Å². The fourth-order valence-corrected chi connectivity index (χ4v) is 0.836. The summed E-state index contributed by atoms with van der Waals surface area (Å²) in [4.78, 5) is 0. The molecule has 0 amide bonds. The second kappa shape index (κ2) is 3.30. The lowest BCUT2D eigenvalue weighted by molar-refractivity contribution is 0.469. The number of benzene rings is 1. The van der Waals surface area contributed by atoms with E-state index in [1.807, 2.05) is 0 Å². The predicted molar refractivity (Wildman–Crippen MR) is 54.4 cm³/mol. The zero-order valence-electron chi connectivity index (χ0n) is 8.52. The molecule has 1 aromatic rings. The van der Waals surface area contributed by atoms with Gasteiger partial charge in [0.1, 0.15) is 0 Å². The topological polar surface area (TPSA) is 0 Å². The van der Waals surface area contributed by atoms with Gasteiger partial charge in [-0.25, -0.2) is 0 Å². The van der Waals surface area contributed by atoms with Crippen LogP contribution in [-0.2, 0) is 6.42 Å². The molecule has 12 heavy (non-hydrogen) atoms. The first-order valence-electron chi connectivity index (χ1n) is 4.53. The average Bonchev–Trinajstić information content (AvgIpc) is 2.59. The zero-order chi connectivity index (χ0) is 9.19. The molecule has 0 bridgehead atoms. The minimum absolute atomic E-state index is 0.500. The van der Waals surface area contributed by atoms with Crippen LogP contribution < -0.4 is 0 Å². The van der Waals surface area contributed by atoms with Crippen LogP contribution in [0, 0.1) is 5.41 Å². The van der Waals surface area contributed by atoms with Gasteiger partial charge >= 0.3 is 0 Å². The highest BCUT2D eigenvalue weighted by molar-refractivity contribution is 5.44. The molecule has 0 nitrogen and oxygen atoms in total. The second-order valence-corrected chi connectivity index (χ2v) is 4.95. The van der Waals surface area contributed by atoms with Crippen molar-refractivity contribution in [3.63, 3.8) is 0 Å². The van der Waals surface area contributed by atoms with Gasteiger partial charge in [0, 0.05) is 0 Å². The molecular formula is C12H18. The van der Waals surface area contributed by atoms with Crippen LogP contribution >= 0.6 is 0 Å². The third-order valence-electron chi connectivity index (χ3n) is 1.37. The van der Waals surface area contributed by atoms with Gasteiger partial charge in [-0.1, -0.05) is 52.0 Å². The SMILES string of the molecule is CC(C)(C)C.c1ccc2c(c1)C2. The Morgan fingerprint density at radius 3 is 1.50 bits per heavy atom. The van der Waals surface area contributed by atoms with E-state index in [0.29, 0.717) is 5.41 Å². The Hall–Kier alpha value is -0.780. The summed E-state index contributed by atoms with van der Waals surface area (Å²) in [6, 6.07) is 8.53. The maximum atomic E-state index is 2.19. The summed E-state index contributed by atoms with van der Waals surface area (Å²) in [5, 5.41) is 0. The highest BCUT2D eigenvalue weighted by Crippen LogP contribution is 2.25. The van der Waals surface area contributed by atoms with E-state index in [9.17, 15) is 0 Å². The van der Waals surface area contributed by atoms with Crippen LogP contribution in [0.1, 0.15) is 38.8 Å². The summed E-state index contributed by atoms with van der Waals surface area (Å²) in [6.07, 6.45) is 1.24. The van der Waals surface area contributed by atoms with Crippen molar-refractivity contribution in [3.8, 4) is 0 Å². The first-order valence-corrected chi connectivity index (χ1v) is 4.53. The van der Waals surface area contributed by atoms with Gasteiger partial charge in [-0.2, -0.15) is 0 Å². The van der Waals surface area contributed by atoms with E-state index in [0.717, 1.165) is 0 Å². The van der Waals surface area contributed by atoms with Crippen LogP contribution in [-0.4, -0.2) is 0 Å². The van der Waals surface area contributed by atoms with Gasteiger partial charge in [-0.05, 0) is 23.0 Å². The Kier molecular flexibility index (Phi) is 2.56. The minimum Gasteiger partial charge on any atom is -0.0620 e. The molecule has 0 saturated heterocycles. The molecule has 1 aliphatic rings. The molecule has 0 heteroatoms. The number of hydrogen-bond donors (Lipinski definition) is 0. The lowest BCUT2D eigenvalue weighted by Crippen LogP contribution is -1.93. The fraction of sp³-hybridized carbons (Fsp3) is 0.500. The molecule has 0 saturated carbocycles. The third kappa shape index (κ3) is 4.17. The number of fused-ring (bicyclic) bond motifs is 1. The molecule has 66 valence electrons. The highest BCUT2D eigenvalue weighted by Gasteiger charge is 2.12. The van der Waals surface area contributed by atoms with Crippen LogP contribution in [0.5, 0.6) is 0 Å². The van der Waals surface area contributed by atoms with Gasteiger partial charge in [0.15, 0.2) is 0 Å². The summed E-state index contributed by atoms with van der Waals surface area (Å²) in [5.74, 6) is 0. The van der Waals surface area contributed by atoms with E-state index in [4.69, 9.17) is 0 Å². The van der Waals surface area contributed by atoms with E-state index < -0.39 is 0 Å². The molecule has 0 N–H and O–H groups in total. The molecular weight excluding hydrogens is 144 g/mol. The van der Waals surface area contributed by atoms with Crippen molar-refractivity contribution in [2.45, 2.75) is 34.1 Å². The molecule has 0 spiro atoms. The molecule has 1 aliphatic carbocycles. The van der Waals surface area contributed by atoms with Gasteiger partial charge in [-0.15, -0.1) is 0 Å². The Labute approximate surface area is 75.6 Å². The lowest BCUT2D eigenvalue weighted by atomic mass is 10.0. The standard InChI is InChI=1S/C7H6.C5H12/c1-2-4-7-5-6(7)3-1;1-5(2,3)4/h1-4H,5H2;1-4H3. The van der Waals surface area contributed by atoms with Crippen molar-refractivity contribution in [1.82, 2.24) is 0 Å². The summed E-state index contributed by atoms with van der Waals surface area (Å²) in [7, 11) is 0. The quantitative estimate of drug-likeness (QED) is 0.554. The van der Waals surface area contributed by atoms with Crippen LogP contribution in [0.15, 0.2) is 24.3 Å². The Bertz CT molecular complexity index is 226. The molecule has 0 atom stereocenters. The molecule has 2 rings (SSSR count). The first-order chi connectivity index (χ1) is 5.47. The average molecular weight is 162 g/mol. The second-order valence-electron chi connectivity index (χ2n) is 4.95. The van der Waals surface area contributed by atoms with Crippen molar-refractivity contribution in [3.05, 3.63) is 35.4 Å². The van der Waals surface area contributed by atoms with E-state index in [2.05, 4.69) is 52.0 Å². The third-order valence-corrected chi connectivity index (χ3v) is 1.37. The fourth-order valence-electron chi connectivity index (χ4n) is 0.836. The van der Waals surface area contributed by atoms with Gasteiger partial charge < -0.3 is 0 Å². The summed E-state index contributed by atoms with van der Waals surface area (Å²) < 4.78 is 0. The molecule has 0 aliphatic heterocycles. The molecule has 0 radical (unpaired) electrons. The monoisotopic (exact) mass is 162 g/mol. The first kappa shape index (κ1) is 9.31. The normalized spacial score (nSPS) is 12.7. The largest absolute Gasteiger partial charge is 0.0620 e. The zero-order valence-corrected chi connectivity index (χ0v) is 8.52. The summed E-state index contributed by atoms with van der Waals surface area (Å²) >= 11 is 0. The van der Waals surface area contributed by atoms with Crippen molar-refractivity contribution in [2.24, 2.45) is 5.41 Å². The van der Waals surface area contributed by atoms with Gasteiger partial charge in [0.25, 0.3) is 0 Å². The maximum Gasteiger partial charge on any atom is -0.00201 e. The smallest absolute Gasteiger partial charge is 0.00201 e. The van der Waals surface area contributed by atoms with Crippen LogP contribution in [0.3, 0.4) is 0 Å². The van der Waals surface area contributed by atoms with Crippen molar-refractivity contribution in [1.29, 1.82) is 0 Å². The van der Waals surface area contributed by atoms with Crippen molar-refractivity contribution >= 4 is 0 Å². The van der Waals surface area contributed by atoms with Crippen LogP contribution in [0.4, 0.5) is 0 Å². The molecule has 0 aromatic heterocycles. The molecule has 1 aromatic carbocycles. The van der Waals surface area contributed by atoms with E-state index in [1.54, 1.807) is 0 Å². The van der Waals surface area contributed by atoms with E-state index in [-0.39, 0.29) is 0 Å². The Morgan fingerprint density at radius 2 is 1.25 bits per heavy atom. The van der Waals surface area contributed by atoms with Crippen molar-refractivity contribution in [2.75, 3.05) is 0 Å².